The molecule has 0 aliphatic rings. The van der Waals surface area contributed by atoms with Gasteiger partial charge in [-0.25, -0.2) is 4.79 Å². The summed E-state index contributed by atoms with van der Waals surface area (Å²) in [6.07, 6.45) is -0.775. The van der Waals surface area contributed by atoms with E-state index in [2.05, 4.69) is 10.3 Å². The number of H-pyrrole nitrogens is 1. The molecule has 4 N–H and O–H groups in total. The minimum Gasteiger partial charge on any atom is -0.445 e. The fourth-order valence-corrected chi connectivity index (χ4v) is 2.74. The van der Waals surface area contributed by atoms with Crippen LogP contribution in [-0.2, 0) is 11.3 Å². The minimum absolute atomic E-state index is 0.119. The summed E-state index contributed by atoms with van der Waals surface area (Å²) in [4.78, 5) is 25.6. The second-order valence-electron chi connectivity index (χ2n) is 6.12. The molecule has 0 spiro atoms. The Kier molecular flexibility index (Phi) is 5.85. The molecule has 2 unspecified atom stereocenters. The van der Waals surface area contributed by atoms with Crippen LogP contribution in [-0.4, -0.2) is 40.2 Å². The van der Waals surface area contributed by atoms with Crippen molar-refractivity contribution in [2.24, 2.45) is 0 Å². The number of benzene rings is 2. The number of aromatic nitrogens is 1. The lowest BCUT2D eigenvalue weighted by molar-refractivity contribution is 0.0185. The van der Waals surface area contributed by atoms with Crippen molar-refractivity contribution in [3.05, 3.63) is 71.4 Å². The first-order valence-electron chi connectivity index (χ1n) is 8.45. The normalized spacial score (nSPS) is 13.1. The van der Waals surface area contributed by atoms with Crippen LogP contribution in [0.5, 0.6) is 0 Å². The molecule has 3 aromatic rings. The van der Waals surface area contributed by atoms with E-state index in [1.807, 2.05) is 30.3 Å². The van der Waals surface area contributed by atoms with Gasteiger partial charge in [-0.05, 0) is 17.2 Å². The Morgan fingerprint density at radius 1 is 1.19 bits per heavy atom. The van der Waals surface area contributed by atoms with E-state index in [9.17, 15) is 19.8 Å². The van der Waals surface area contributed by atoms with Gasteiger partial charge in [-0.1, -0.05) is 42.5 Å². The average Bonchev–Trinajstić information content (AvgIpc) is 3.13. The maximum absolute atomic E-state index is 11.7. The van der Waals surface area contributed by atoms with Gasteiger partial charge in [0, 0.05) is 29.2 Å². The molecule has 7 heteroatoms. The molecule has 0 fully saturated rings. The zero-order valence-electron chi connectivity index (χ0n) is 14.5. The smallest absolute Gasteiger partial charge is 0.407 e. The lowest BCUT2D eigenvalue weighted by Crippen LogP contribution is -2.35. The number of hydrogen-bond donors (Lipinski definition) is 4. The first-order chi connectivity index (χ1) is 13.1. The second-order valence-corrected chi connectivity index (χ2v) is 6.12. The van der Waals surface area contributed by atoms with Crippen molar-refractivity contribution in [3.63, 3.8) is 0 Å². The minimum atomic E-state index is -1.22. The van der Waals surface area contributed by atoms with Gasteiger partial charge in [0.2, 0.25) is 0 Å². The molecule has 0 saturated carbocycles. The molecule has 1 heterocycles. The van der Waals surface area contributed by atoms with Crippen molar-refractivity contribution in [2.45, 2.75) is 18.8 Å². The fourth-order valence-electron chi connectivity index (χ4n) is 2.74. The van der Waals surface area contributed by atoms with Gasteiger partial charge in [0.1, 0.15) is 18.8 Å². The Bertz CT molecular complexity index is 923. The highest BCUT2D eigenvalue weighted by atomic mass is 16.5. The molecular formula is C20H20N2O5. The summed E-state index contributed by atoms with van der Waals surface area (Å²) in [5, 5.41) is 23.6. The lowest BCUT2D eigenvalue weighted by atomic mass is 10.0. The molecule has 0 aliphatic carbocycles. The van der Waals surface area contributed by atoms with Gasteiger partial charge in [-0.3, -0.25) is 4.79 Å². The molecule has 0 bridgehead atoms. The Labute approximate surface area is 155 Å². The maximum atomic E-state index is 11.7. The fraction of sp³-hybridized carbons (Fsp3) is 0.200. The third kappa shape index (κ3) is 4.52. The molecule has 7 nitrogen and oxygen atoms in total. The Balaban J connectivity index is 1.53. The van der Waals surface area contributed by atoms with Crippen LogP contribution in [0.1, 0.15) is 27.6 Å². The molecule has 2 aromatic carbocycles. The van der Waals surface area contributed by atoms with E-state index in [1.54, 1.807) is 24.4 Å². The van der Waals surface area contributed by atoms with Crippen LogP contribution in [0.25, 0.3) is 10.9 Å². The van der Waals surface area contributed by atoms with Crippen molar-refractivity contribution < 1.29 is 24.5 Å². The Morgan fingerprint density at radius 2 is 1.96 bits per heavy atom. The highest BCUT2D eigenvalue weighted by molar-refractivity contribution is 5.97. The van der Waals surface area contributed by atoms with Gasteiger partial charge in [0.25, 0.3) is 0 Å². The first kappa shape index (κ1) is 18.6. The number of aromatic amines is 1. The Morgan fingerprint density at radius 3 is 2.70 bits per heavy atom. The third-order valence-electron chi connectivity index (χ3n) is 4.24. The summed E-state index contributed by atoms with van der Waals surface area (Å²) >= 11 is 0. The van der Waals surface area contributed by atoms with Crippen LogP contribution in [0.4, 0.5) is 4.79 Å². The number of rotatable bonds is 7. The number of aliphatic hydroxyl groups is 2. The summed E-state index contributed by atoms with van der Waals surface area (Å²) < 4.78 is 5.06. The van der Waals surface area contributed by atoms with Crippen molar-refractivity contribution in [1.82, 2.24) is 10.3 Å². The largest absolute Gasteiger partial charge is 0.445 e. The van der Waals surface area contributed by atoms with E-state index >= 15 is 0 Å². The summed E-state index contributed by atoms with van der Waals surface area (Å²) in [7, 11) is 0. The van der Waals surface area contributed by atoms with Crippen LogP contribution in [0, 0.1) is 0 Å². The van der Waals surface area contributed by atoms with Gasteiger partial charge in [0.05, 0.1) is 0 Å². The number of aliphatic hydroxyl groups excluding tert-OH is 2. The summed E-state index contributed by atoms with van der Waals surface area (Å²) in [6, 6.07) is 14.2. The van der Waals surface area contributed by atoms with Crippen molar-refractivity contribution >= 4 is 23.3 Å². The number of fused-ring (bicyclic) bond motifs is 1. The van der Waals surface area contributed by atoms with Crippen LogP contribution in [0.15, 0.2) is 54.7 Å². The number of alkyl carbamates (subject to hydrolysis) is 1. The zero-order valence-corrected chi connectivity index (χ0v) is 14.5. The van der Waals surface area contributed by atoms with E-state index < -0.39 is 18.3 Å². The summed E-state index contributed by atoms with van der Waals surface area (Å²) in [5.74, 6) is 0. The topological polar surface area (TPSA) is 112 Å². The third-order valence-corrected chi connectivity index (χ3v) is 4.24. The molecule has 140 valence electrons. The van der Waals surface area contributed by atoms with Gasteiger partial charge in [-0.2, -0.15) is 0 Å². The molecule has 1 amide bonds. The predicted molar refractivity (Wildman–Crippen MR) is 99.3 cm³/mol. The molecule has 0 radical (unpaired) electrons. The summed E-state index contributed by atoms with van der Waals surface area (Å²) in [5.41, 5.74) is 2.52. The summed E-state index contributed by atoms with van der Waals surface area (Å²) in [6.45, 7) is -0.0506. The predicted octanol–water partition coefficient (Wildman–Crippen LogP) is 2.30. The lowest BCUT2D eigenvalue weighted by Gasteiger charge is -2.18. The van der Waals surface area contributed by atoms with E-state index in [1.165, 1.54) is 0 Å². The number of carbonyl (C=O) groups excluding carboxylic acids is 2. The van der Waals surface area contributed by atoms with E-state index in [4.69, 9.17) is 4.74 Å². The van der Waals surface area contributed by atoms with E-state index in [-0.39, 0.29) is 13.2 Å². The van der Waals surface area contributed by atoms with E-state index in [0.717, 1.165) is 17.2 Å². The molecule has 0 saturated heterocycles. The number of nitrogens with one attached hydrogen (secondary N) is 2. The Hall–Kier alpha value is -3.16. The van der Waals surface area contributed by atoms with Crippen LogP contribution in [0.2, 0.25) is 0 Å². The number of ether oxygens (including phenoxy) is 1. The maximum Gasteiger partial charge on any atom is 0.407 e. The van der Waals surface area contributed by atoms with Gasteiger partial charge >= 0.3 is 6.09 Å². The number of amides is 1. The van der Waals surface area contributed by atoms with Crippen LogP contribution >= 0.6 is 0 Å². The highest BCUT2D eigenvalue weighted by Crippen LogP contribution is 2.23. The first-order valence-corrected chi connectivity index (χ1v) is 8.45. The second kappa shape index (κ2) is 8.48. The number of aldehydes is 1. The van der Waals surface area contributed by atoms with Crippen LogP contribution < -0.4 is 5.32 Å². The molecule has 3 rings (SSSR count). The number of hydrogen-bond acceptors (Lipinski definition) is 5. The van der Waals surface area contributed by atoms with Crippen molar-refractivity contribution in [1.29, 1.82) is 0 Å². The van der Waals surface area contributed by atoms with Gasteiger partial charge in [-0.15, -0.1) is 0 Å². The van der Waals surface area contributed by atoms with E-state index in [0.29, 0.717) is 16.6 Å². The molecule has 0 aliphatic heterocycles. The average molecular weight is 368 g/mol. The van der Waals surface area contributed by atoms with Crippen molar-refractivity contribution in [3.8, 4) is 0 Å². The molecule has 2 atom stereocenters. The molecule has 27 heavy (non-hydrogen) atoms. The highest BCUT2D eigenvalue weighted by Gasteiger charge is 2.20. The SMILES string of the molecule is O=Cc1c[nH]c2cc(C(O)C(O)CNC(=O)OCc3ccccc3)ccc12. The molecule has 1 aromatic heterocycles. The standard InChI is InChI=1S/C20H20N2O5/c23-11-15-9-21-17-8-14(6-7-16(15)17)19(25)18(24)10-22-20(26)27-12-13-4-2-1-3-5-13/h1-9,11,18-19,21,24-25H,10,12H2,(H,22,26). The van der Waals surface area contributed by atoms with Gasteiger partial charge < -0.3 is 25.3 Å². The molecular weight excluding hydrogens is 348 g/mol. The quantitative estimate of drug-likeness (QED) is 0.478. The van der Waals surface area contributed by atoms with Crippen molar-refractivity contribution in [2.75, 3.05) is 6.54 Å². The van der Waals surface area contributed by atoms with Gasteiger partial charge in [0.15, 0.2) is 6.29 Å². The van der Waals surface area contributed by atoms with Crippen LogP contribution in [0.3, 0.4) is 0 Å². The zero-order chi connectivity index (χ0) is 19.2. The number of carbonyl (C=O) groups is 2. The monoisotopic (exact) mass is 368 g/mol.